The molecule has 0 fully saturated rings. The second-order valence-electron chi connectivity index (χ2n) is 6.09. The maximum Gasteiger partial charge on any atom is 0.222 e. The van der Waals surface area contributed by atoms with Gasteiger partial charge in [0.05, 0.1) is 11.9 Å². The van der Waals surface area contributed by atoms with Crippen LogP contribution >= 0.6 is 0 Å². The molecule has 0 amide bonds. The Balaban J connectivity index is 1.66. The van der Waals surface area contributed by atoms with E-state index in [2.05, 4.69) is 33.2 Å². The van der Waals surface area contributed by atoms with Crippen molar-refractivity contribution < 1.29 is 0 Å². The highest BCUT2D eigenvalue weighted by Crippen LogP contribution is 2.28. The highest BCUT2D eigenvalue weighted by Gasteiger charge is 2.19. The third-order valence-corrected chi connectivity index (χ3v) is 4.26. The van der Waals surface area contributed by atoms with Gasteiger partial charge in [-0.05, 0) is 44.1 Å². The molecule has 0 spiro atoms. The van der Waals surface area contributed by atoms with Gasteiger partial charge in [0, 0.05) is 32.4 Å². The van der Waals surface area contributed by atoms with Crippen LogP contribution in [0.3, 0.4) is 0 Å². The molecule has 118 valence electrons. The summed E-state index contributed by atoms with van der Waals surface area (Å²) in [5.41, 5.74) is 9.60. The molecule has 22 heavy (non-hydrogen) atoms. The molecule has 2 aromatic rings. The monoisotopic (exact) mass is 300 g/mol. The summed E-state index contributed by atoms with van der Waals surface area (Å²) in [5, 5.41) is 4.21. The molecule has 3 rings (SSSR count). The van der Waals surface area contributed by atoms with Crippen LogP contribution in [0.1, 0.15) is 36.1 Å². The second-order valence-corrected chi connectivity index (χ2v) is 6.09. The molecular weight excluding hydrogens is 276 g/mol. The van der Waals surface area contributed by atoms with Crippen LogP contribution in [0.4, 0.5) is 11.8 Å². The van der Waals surface area contributed by atoms with E-state index in [9.17, 15) is 0 Å². The number of fused-ring (bicyclic) bond motifs is 1. The Kier molecular flexibility index (Phi) is 4.27. The fourth-order valence-corrected chi connectivity index (χ4v) is 3.14. The molecular formula is C16H24N6. The number of aromatic nitrogens is 4. The third-order valence-electron chi connectivity index (χ3n) is 4.26. The molecule has 0 aromatic carbocycles. The highest BCUT2D eigenvalue weighted by atomic mass is 15.2. The van der Waals surface area contributed by atoms with Crippen LogP contribution in [0.25, 0.3) is 0 Å². The Morgan fingerprint density at radius 1 is 1.27 bits per heavy atom. The van der Waals surface area contributed by atoms with Gasteiger partial charge in [-0.2, -0.15) is 10.1 Å². The van der Waals surface area contributed by atoms with Crippen LogP contribution in [-0.4, -0.2) is 33.3 Å². The zero-order valence-electron chi connectivity index (χ0n) is 13.4. The summed E-state index contributed by atoms with van der Waals surface area (Å²) >= 11 is 0. The maximum absolute atomic E-state index is 5.88. The molecule has 2 aromatic heterocycles. The Labute approximate surface area is 131 Å². The van der Waals surface area contributed by atoms with E-state index in [0.29, 0.717) is 5.95 Å². The van der Waals surface area contributed by atoms with E-state index in [1.807, 2.05) is 17.9 Å². The number of hydrogen-bond donors (Lipinski definition) is 1. The molecule has 2 heterocycles. The van der Waals surface area contributed by atoms with Gasteiger partial charge in [0.2, 0.25) is 5.95 Å². The smallest absolute Gasteiger partial charge is 0.222 e. The SMILES string of the molecule is CN(CCCc1cnn(C)c1)c1nc(N)nc2c1CCCC2. The van der Waals surface area contributed by atoms with Crippen molar-refractivity contribution in [2.45, 2.75) is 38.5 Å². The quantitative estimate of drug-likeness (QED) is 0.910. The first-order chi connectivity index (χ1) is 10.6. The van der Waals surface area contributed by atoms with Crippen LogP contribution in [0, 0.1) is 0 Å². The van der Waals surface area contributed by atoms with Gasteiger partial charge in [-0.3, -0.25) is 4.68 Å². The molecule has 0 atom stereocenters. The van der Waals surface area contributed by atoms with E-state index in [1.165, 1.54) is 24.0 Å². The largest absolute Gasteiger partial charge is 0.368 e. The van der Waals surface area contributed by atoms with Crippen LogP contribution in [-0.2, 0) is 26.3 Å². The van der Waals surface area contributed by atoms with Crippen molar-refractivity contribution in [3.05, 3.63) is 29.2 Å². The van der Waals surface area contributed by atoms with Gasteiger partial charge in [-0.15, -0.1) is 0 Å². The van der Waals surface area contributed by atoms with E-state index >= 15 is 0 Å². The van der Waals surface area contributed by atoms with Crippen molar-refractivity contribution >= 4 is 11.8 Å². The lowest BCUT2D eigenvalue weighted by molar-refractivity contribution is 0.657. The molecule has 1 aliphatic carbocycles. The first kappa shape index (κ1) is 14.8. The van der Waals surface area contributed by atoms with Gasteiger partial charge >= 0.3 is 0 Å². The van der Waals surface area contributed by atoms with Crippen molar-refractivity contribution in [1.29, 1.82) is 0 Å². The number of nitrogen functional groups attached to an aromatic ring is 1. The number of anilines is 2. The molecule has 0 bridgehead atoms. The van der Waals surface area contributed by atoms with Gasteiger partial charge in [0.1, 0.15) is 5.82 Å². The van der Waals surface area contributed by atoms with Crippen LogP contribution in [0.15, 0.2) is 12.4 Å². The predicted molar refractivity (Wildman–Crippen MR) is 87.9 cm³/mol. The summed E-state index contributed by atoms with van der Waals surface area (Å²) in [5.74, 6) is 1.42. The lowest BCUT2D eigenvalue weighted by Gasteiger charge is -2.25. The van der Waals surface area contributed by atoms with E-state index < -0.39 is 0 Å². The molecule has 0 saturated heterocycles. The first-order valence-electron chi connectivity index (χ1n) is 7.97. The van der Waals surface area contributed by atoms with Crippen molar-refractivity contribution in [3.8, 4) is 0 Å². The molecule has 2 N–H and O–H groups in total. The normalized spacial score (nSPS) is 13.9. The fraction of sp³-hybridized carbons (Fsp3) is 0.562. The standard InChI is InChI=1S/C16H24N6/c1-21(9-5-6-12-10-18-22(2)11-12)15-13-7-3-4-8-14(13)19-16(17)20-15/h10-11H,3-9H2,1-2H3,(H2,17,19,20). The average Bonchev–Trinajstić information content (AvgIpc) is 2.91. The molecule has 0 unspecified atom stereocenters. The minimum Gasteiger partial charge on any atom is -0.368 e. The van der Waals surface area contributed by atoms with Crippen LogP contribution in [0.5, 0.6) is 0 Å². The summed E-state index contributed by atoms with van der Waals surface area (Å²) < 4.78 is 1.85. The summed E-state index contributed by atoms with van der Waals surface area (Å²) in [7, 11) is 4.05. The van der Waals surface area contributed by atoms with E-state index in [-0.39, 0.29) is 0 Å². The van der Waals surface area contributed by atoms with Gasteiger partial charge in [0.25, 0.3) is 0 Å². The minimum atomic E-state index is 0.398. The first-order valence-corrected chi connectivity index (χ1v) is 7.97. The lowest BCUT2D eigenvalue weighted by Crippen LogP contribution is -2.24. The highest BCUT2D eigenvalue weighted by molar-refractivity contribution is 5.52. The van der Waals surface area contributed by atoms with E-state index in [0.717, 1.165) is 43.7 Å². The minimum absolute atomic E-state index is 0.398. The van der Waals surface area contributed by atoms with Crippen LogP contribution in [0.2, 0.25) is 0 Å². The molecule has 6 nitrogen and oxygen atoms in total. The van der Waals surface area contributed by atoms with E-state index in [1.54, 1.807) is 0 Å². The van der Waals surface area contributed by atoms with Crippen LogP contribution < -0.4 is 10.6 Å². The van der Waals surface area contributed by atoms with Crippen molar-refractivity contribution in [2.24, 2.45) is 7.05 Å². The molecule has 6 heteroatoms. The van der Waals surface area contributed by atoms with Crippen molar-refractivity contribution in [3.63, 3.8) is 0 Å². The Morgan fingerprint density at radius 2 is 2.09 bits per heavy atom. The van der Waals surface area contributed by atoms with Gasteiger partial charge in [-0.25, -0.2) is 4.98 Å². The van der Waals surface area contributed by atoms with E-state index in [4.69, 9.17) is 5.73 Å². The Hall–Kier alpha value is -2.11. The number of rotatable bonds is 5. The summed E-state index contributed by atoms with van der Waals surface area (Å²) in [4.78, 5) is 11.1. The maximum atomic E-state index is 5.88. The molecule has 0 radical (unpaired) electrons. The summed E-state index contributed by atoms with van der Waals surface area (Å²) in [6, 6.07) is 0. The Bertz CT molecular complexity index is 648. The van der Waals surface area contributed by atoms with Gasteiger partial charge in [0.15, 0.2) is 0 Å². The zero-order chi connectivity index (χ0) is 15.5. The zero-order valence-corrected chi connectivity index (χ0v) is 13.4. The second kappa shape index (κ2) is 6.34. The van der Waals surface area contributed by atoms with Gasteiger partial charge < -0.3 is 10.6 Å². The van der Waals surface area contributed by atoms with Crippen molar-refractivity contribution in [1.82, 2.24) is 19.7 Å². The van der Waals surface area contributed by atoms with Crippen molar-refractivity contribution in [2.75, 3.05) is 24.2 Å². The third kappa shape index (κ3) is 3.21. The fourth-order valence-electron chi connectivity index (χ4n) is 3.14. The predicted octanol–water partition coefficient (Wildman–Crippen LogP) is 1.74. The Morgan fingerprint density at radius 3 is 2.86 bits per heavy atom. The van der Waals surface area contributed by atoms with Gasteiger partial charge in [-0.1, -0.05) is 0 Å². The molecule has 1 aliphatic rings. The number of aryl methyl sites for hydroxylation is 3. The number of hydrogen-bond acceptors (Lipinski definition) is 5. The topological polar surface area (TPSA) is 72.9 Å². The summed E-state index contributed by atoms with van der Waals surface area (Å²) in [6.07, 6.45) is 10.6. The number of nitrogens with zero attached hydrogens (tertiary/aromatic N) is 5. The molecule has 0 saturated carbocycles. The average molecular weight is 300 g/mol. The number of nitrogens with two attached hydrogens (primary N) is 1. The molecule has 0 aliphatic heterocycles. The lowest BCUT2D eigenvalue weighted by atomic mass is 9.96. The summed E-state index contributed by atoms with van der Waals surface area (Å²) in [6.45, 7) is 0.956.